The van der Waals surface area contributed by atoms with Crippen LogP contribution in [0.3, 0.4) is 0 Å². The first-order valence-electron chi connectivity index (χ1n) is 22.2. The Balaban J connectivity index is 0.738. The number of amides is 5. The molecule has 3 saturated heterocycles. The number of hydrogen-bond donors (Lipinski definition) is 3. The number of halogens is 2. The van der Waals surface area contributed by atoms with Crippen molar-refractivity contribution in [3.05, 3.63) is 94.8 Å². The van der Waals surface area contributed by atoms with Crippen molar-refractivity contribution in [3.8, 4) is 11.1 Å². The lowest BCUT2D eigenvalue weighted by Gasteiger charge is -2.40. The number of anilines is 2. The molecule has 3 fully saturated rings. The van der Waals surface area contributed by atoms with E-state index < -0.39 is 46.9 Å². The fourth-order valence-electron chi connectivity index (χ4n) is 9.83. The maximum atomic E-state index is 16.0. The van der Waals surface area contributed by atoms with E-state index >= 15 is 8.78 Å². The van der Waals surface area contributed by atoms with E-state index in [9.17, 15) is 29.1 Å². The molecule has 5 aromatic rings. The first-order valence-corrected chi connectivity index (χ1v) is 23.1. The van der Waals surface area contributed by atoms with Gasteiger partial charge in [-0.1, -0.05) is 0 Å². The van der Waals surface area contributed by atoms with E-state index in [1.54, 1.807) is 47.2 Å². The SMILES string of the molecule is O=C1CCC(C=Nc2ccc(N3CCC(O)(CC(=O)N4CCC(n5cc(-c6cc(F)c7c(c6)C(=O)N(C(C(=O)Nc6nccs6)c6ncn8c6CCC8)C7)cn5)CC4)CC3)c(F)c2)C(=O)N1. The van der Waals surface area contributed by atoms with Crippen molar-refractivity contribution in [2.45, 2.75) is 88.6 Å². The van der Waals surface area contributed by atoms with Crippen LogP contribution in [0.1, 0.15) is 90.8 Å². The van der Waals surface area contributed by atoms with Crippen molar-refractivity contribution in [1.29, 1.82) is 0 Å². The second kappa shape index (κ2) is 17.6. The summed E-state index contributed by atoms with van der Waals surface area (Å²) in [5.41, 5.74) is 2.31. The Morgan fingerprint density at radius 2 is 1.82 bits per heavy atom. The highest BCUT2D eigenvalue weighted by Crippen LogP contribution is 2.39. The van der Waals surface area contributed by atoms with Gasteiger partial charge in [-0.15, -0.1) is 11.3 Å². The summed E-state index contributed by atoms with van der Waals surface area (Å²) in [6.45, 7) is 2.28. The molecule has 2 unspecified atom stereocenters. The second-order valence-corrected chi connectivity index (χ2v) is 18.6. The fraction of sp³-hybridized carbons (Fsp3) is 0.413. The summed E-state index contributed by atoms with van der Waals surface area (Å²) in [6.07, 6.45) is 12.1. The number of imide groups is 1. The smallest absolute Gasteiger partial charge is 0.255 e. The number of carbonyl (C=O) groups excluding carboxylic acids is 5. The standard InChI is InChI=1S/C46H47F2N11O6S/c47-34-19-28(18-32-33(34)25-58(44(32)64)41(43(63)54-45-49-11-17-66-45)40-37-2-1-12-57(37)26-51-40)29-23-52-59(24-29)31-7-13-56(14-8-31)39(61)21-46(65)9-15-55(16-10-46)36-5-4-30(20-35(36)48)50-22-27-3-6-38(60)53-42(27)62/h4-5,11,17-20,22-24,26-27,31,41,65H,1-3,6-10,12-16,21,25H2,(H,49,54,63)(H,53,60,62). The number of aliphatic hydroxyl groups is 1. The zero-order valence-electron chi connectivity index (χ0n) is 35.9. The minimum Gasteiger partial charge on any atom is -0.389 e. The van der Waals surface area contributed by atoms with Gasteiger partial charge in [0.05, 0.1) is 60.1 Å². The summed E-state index contributed by atoms with van der Waals surface area (Å²) in [7, 11) is 0. The summed E-state index contributed by atoms with van der Waals surface area (Å²) in [5.74, 6) is -3.44. The molecule has 8 heterocycles. The molecule has 3 N–H and O–H groups in total. The maximum absolute atomic E-state index is 16.0. The highest BCUT2D eigenvalue weighted by Gasteiger charge is 2.43. The Morgan fingerprint density at radius 3 is 2.58 bits per heavy atom. The van der Waals surface area contributed by atoms with Crippen molar-refractivity contribution < 1.29 is 37.9 Å². The number of hydrogen-bond acceptors (Lipinski definition) is 12. The maximum Gasteiger partial charge on any atom is 0.255 e. The highest BCUT2D eigenvalue weighted by atomic mass is 32.1. The summed E-state index contributed by atoms with van der Waals surface area (Å²) in [6, 6.07) is 6.47. The van der Waals surface area contributed by atoms with Crippen LogP contribution >= 0.6 is 11.3 Å². The van der Waals surface area contributed by atoms with Crippen LogP contribution in [0.5, 0.6) is 0 Å². The number of aliphatic imine (C=N–C) groups is 1. The lowest BCUT2D eigenvalue weighted by Crippen LogP contribution is -2.49. The fourth-order valence-corrected chi connectivity index (χ4v) is 10.4. The van der Waals surface area contributed by atoms with Crippen LogP contribution in [-0.4, -0.2) is 107 Å². The van der Waals surface area contributed by atoms with Crippen molar-refractivity contribution in [3.63, 3.8) is 0 Å². The molecule has 66 heavy (non-hydrogen) atoms. The van der Waals surface area contributed by atoms with Gasteiger partial charge in [0.2, 0.25) is 17.7 Å². The number of imidazole rings is 1. The highest BCUT2D eigenvalue weighted by molar-refractivity contribution is 7.13. The van der Waals surface area contributed by atoms with Crippen LogP contribution in [-0.2, 0) is 38.7 Å². The quantitative estimate of drug-likeness (QED) is 0.118. The third kappa shape index (κ3) is 8.50. The number of nitrogens with zero attached hydrogens (tertiary/aromatic N) is 9. The number of nitrogens with one attached hydrogen (secondary N) is 2. The van der Waals surface area contributed by atoms with E-state index in [-0.39, 0.29) is 61.2 Å². The Bertz CT molecular complexity index is 2760. The van der Waals surface area contributed by atoms with Crippen molar-refractivity contribution in [2.75, 3.05) is 36.4 Å². The van der Waals surface area contributed by atoms with Crippen LogP contribution < -0.4 is 15.5 Å². The van der Waals surface area contributed by atoms with E-state index in [0.717, 1.165) is 18.7 Å². The van der Waals surface area contributed by atoms with Crippen molar-refractivity contribution >= 4 is 63.6 Å². The first kappa shape index (κ1) is 43.2. The molecule has 0 bridgehead atoms. The molecule has 5 aliphatic rings. The molecule has 10 rings (SSSR count). The van der Waals surface area contributed by atoms with E-state index in [1.807, 2.05) is 20.3 Å². The number of carbonyl (C=O) groups is 5. The summed E-state index contributed by atoms with van der Waals surface area (Å²) < 4.78 is 35.0. The molecule has 0 radical (unpaired) electrons. The van der Waals surface area contributed by atoms with E-state index in [2.05, 4.69) is 30.7 Å². The Morgan fingerprint density at radius 1 is 1.00 bits per heavy atom. The van der Waals surface area contributed by atoms with Gasteiger partial charge in [-0.3, -0.25) is 44.3 Å². The monoisotopic (exact) mass is 919 g/mol. The lowest BCUT2D eigenvalue weighted by atomic mass is 9.87. The van der Waals surface area contributed by atoms with Gasteiger partial charge in [-0.2, -0.15) is 5.10 Å². The molecule has 5 aliphatic heterocycles. The van der Waals surface area contributed by atoms with Crippen LogP contribution in [0.25, 0.3) is 11.1 Å². The molecule has 3 aromatic heterocycles. The number of piperidine rings is 3. The third-order valence-electron chi connectivity index (χ3n) is 13.5. The molecule has 17 nitrogen and oxygen atoms in total. The number of benzene rings is 2. The number of fused-ring (bicyclic) bond motifs is 2. The predicted octanol–water partition coefficient (Wildman–Crippen LogP) is 5.10. The Labute approximate surface area is 381 Å². The molecular weight excluding hydrogens is 873 g/mol. The number of thiazole rings is 1. The molecule has 5 amide bonds. The summed E-state index contributed by atoms with van der Waals surface area (Å²) in [5, 5.41) is 23.3. The first-order chi connectivity index (χ1) is 31.9. The van der Waals surface area contributed by atoms with Crippen LogP contribution in [0, 0.1) is 17.6 Å². The van der Waals surface area contributed by atoms with Gasteiger partial charge < -0.3 is 24.4 Å². The zero-order chi connectivity index (χ0) is 45.7. The van der Waals surface area contributed by atoms with Gasteiger partial charge in [-0.25, -0.2) is 18.7 Å². The second-order valence-electron chi connectivity index (χ2n) is 17.7. The Kier molecular flexibility index (Phi) is 11.5. The largest absolute Gasteiger partial charge is 0.389 e. The molecule has 342 valence electrons. The molecule has 0 spiro atoms. The summed E-state index contributed by atoms with van der Waals surface area (Å²) >= 11 is 1.26. The minimum absolute atomic E-state index is 0.0383. The topological polar surface area (TPSA) is 200 Å². The summed E-state index contributed by atoms with van der Waals surface area (Å²) in [4.78, 5) is 83.0. The van der Waals surface area contributed by atoms with Crippen LogP contribution in [0.2, 0.25) is 0 Å². The third-order valence-corrected chi connectivity index (χ3v) is 14.2. The lowest BCUT2D eigenvalue weighted by molar-refractivity contribution is -0.139. The van der Waals surface area contributed by atoms with Gasteiger partial charge in [0, 0.05) is 91.6 Å². The number of aromatic nitrogens is 5. The van der Waals surface area contributed by atoms with Gasteiger partial charge in [0.1, 0.15) is 11.6 Å². The molecule has 0 aliphatic carbocycles. The van der Waals surface area contributed by atoms with Crippen LogP contribution in [0.15, 0.2) is 65.6 Å². The van der Waals surface area contributed by atoms with E-state index in [0.29, 0.717) is 85.2 Å². The van der Waals surface area contributed by atoms with E-state index in [4.69, 9.17) is 0 Å². The van der Waals surface area contributed by atoms with Crippen LogP contribution in [0.4, 0.5) is 25.3 Å². The van der Waals surface area contributed by atoms with Gasteiger partial charge in [-0.05, 0) is 74.8 Å². The Hall–Kier alpha value is -6.67. The molecule has 2 atom stereocenters. The molecule has 2 aromatic carbocycles. The number of rotatable bonds is 11. The van der Waals surface area contributed by atoms with Crippen molar-refractivity contribution in [1.82, 2.24) is 39.4 Å². The van der Waals surface area contributed by atoms with Gasteiger partial charge in [0.25, 0.3) is 11.8 Å². The normalized spacial score (nSPS) is 20.2. The van der Waals surface area contributed by atoms with E-state index in [1.165, 1.54) is 34.6 Å². The average molecular weight is 920 g/mol. The molecular formula is C46H47F2N11O6S. The minimum atomic E-state index is -1.23. The average Bonchev–Trinajstić information content (AvgIpc) is 4.17. The predicted molar refractivity (Wildman–Crippen MR) is 238 cm³/mol. The van der Waals surface area contributed by atoms with Gasteiger partial charge in [0.15, 0.2) is 11.2 Å². The van der Waals surface area contributed by atoms with Crippen molar-refractivity contribution in [2.24, 2.45) is 10.9 Å². The molecule has 0 saturated carbocycles. The van der Waals surface area contributed by atoms with Gasteiger partial charge >= 0.3 is 0 Å². The molecule has 20 heteroatoms. The number of likely N-dealkylation sites (tertiary alicyclic amines) is 1. The zero-order valence-corrected chi connectivity index (χ0v) is 36.7. The number of aryl methyl sites for hydroxylation is 1.